The second-order valence-electron chi connectivity index (χ2n) is 5.30. The van der Waals surface area contributed by atoms with Gasteiger partial charge in [0.2, 0.25) is 0 Å². The summed E-state index contributed by atoms with van der Waals surface area (Å²) in [5.74, 6) is 0.312. The minimum Gasteiger partial charge on any atom is -0.465 e. The number of aromatic nitrogens is 4. The van der Waals surface area contributed by atoms with Gasteiger partial charge in [-0.25, -0.2) is 9.78 Å². The molecule has 0 aliphatic heterocycles. The first kappa shape index (κ1) is 15.2. The molecule has 23 heavy (non-hydrogen) atoms. The lowest BCUT2D eigenvalue weighted by molar-refractivity contribution is 0.0601. The van der Waals surface area contributed by atoms with E-state index < -0.39 is 0 Å². The zero-order valence-corrected chi connectivity index (χ0v) is 13.3. The Morgan fingerprint density at radius 3 is 2.87 bits per heavy atom. The number of aliphatic hydroxyl groups is 1. The highest BCUT2D eigenvalue weighted by atomic mass is 16.5. The van der Waals surface area contributed by atoms with Crippen LogP contribution in [0.2, 0.25) is 0 Å². The van der Waals surface area contributed by atoms with Crippen molar-refractivity contribution >= 4 is 17.0 Å². The van der Waals surface area contributed by atoms with Gasteiger partial charge in [0.1, 0.15) is 5.82 Å². The number of imidazole rings is 1. The van der Waals surface area contributed by atoms with Gasteiger partial charge in [-0.05, 0) is 32.0 Å². The first-order valence-corrected chi connectivity index (χ1v) is 7.28. The topological polar surface area (TPSA) is 93.0 Å². The molecule has 0 spiro atoms. The van der Waals surface area contributed by atoms with Gasteiger partial charge in [-0.3, -0.25) is 4.68 Å². The van der Waals surface area contributed by atoms with E-state index in [0.29, 0.717) is 17.9 Å². The summed E-state index contributed by atoms with van der Waals surface area (Å²) in [6, 6.07) is 5.19. The van der Waals surface area contributed by atoms with Gasteiger partial charge in [-0.2, -0.15) is 5.10 Å². The number of fused-ring (bicyclic) bond motifs is 1. The van der Waals surface area contributed by atoms with Gasteiger partial charge in [0.15, 0.2) is 0 Å². The summed E-state index contributed by atoms with van der Waals surface area (Å²) in [5.41, 5.74) is 4.68. The van der Waals surface area contributed by atoms with Crippen molar-refractivity contribution in [3.05, 3.63) is 35.2 Å². The van der Waals surface area contributed by atoms with Crippen LogP contribution in [-0.2, 0) is 11.3 Å². The molecule has 0 bridgehead atoms. The van der Waals surface area contributed by atoms with Gasteiger partial charge in [-0.15, -0.1) is 0 Å². The van der Waals surface area contributed by atoms with Crippen molar-refractivity contribution in [2.24, 2.45) is 0 Å². The van der Waals surface area contributed by atoms with E-state index in [9.17, 15) is 4.79 Å². The Balaban J connectivity index is 2.09. The molecule has 1 aromatic carbocycles. The van der Waals surface area contributed by atoms with Crippen molar-refractivity contribution in [1.82, 2.24) is 19.7 Å². The number of aliphatic hydroxyl groups excluding tert-OH is 1. The molecule has 0 atom stereocenters. The Kier molecular flexibility index (Phi) is 3.87. The molecule has 3 aromatic rings. The number of benzene rings is 1. The minimum atomic E-state index is -0.383. The van der Waals surface area contributed by atoms with Gasteiger partial charge in [-0.1, -0.05) is 0 Å². The Bertz CT molecular complexity index is 879. The summed E-state index contributed by atoms with van der Waals surface area (Å²) in [6.07, 6.45) is 0. The van der Waals surface area contributed by atoms with Crippen molar-refractivity contribution in [3.8, 4) is 11.4 Å². The standard InChI is InChI=1S/C16H18N4O3/c1-9-14(10(2)20(19-9)6-7-21)15-17-12-5-4-11(16(22)23-3)8-13(12)18-15/h4-5,8,21H,6-7H2,1-3H3,(H,17,18). The molecule has 0 radical (unpaired) electrons. The number of aryl methyl sites for hydroxylation is 1. The Morgan fingerprint density at radius 2 is 2.17 bits per heavy atom. The van der Waals surface area contributed by atoms with Crippen LogP contribution < -0.4 is 0 Å². The Labute approximate surface area is 132 Å². The number of H-pyrrole nitrogens is 1. The lowest BCUT2D eigenvalue weighted by atomic mass is 10.2. The second kappa shape index (κ2) is 5.85. The van der Waals surface area contributed by atoms with Crippen LogP contribution in [0.1, 0.15) is 21.7 Å². The SMILES string of the molecule is COC(=O)c1ccc2nc(-c3c(C)nn(CCO)c3C)[nH]c2c1. The predicted molar refractivity (Wildman–Crippen MR) is 85.2 cm³/mol. The number of aromatic amines is 1. The van der Waals surface area contributed by atoms with E-state index in [-0.39, 0.29) is 12.6 Å². The van der Waals surface area contributed by atoms with E-state index in [1.807, 2.05) is 13.8 Å². The van der Waals surface area contributed by atoms with E-state index in [2.05, 4.69) is 15.1 Å². The third kappa shape index (κ3) is 2.59. The summed E-state index contributed by atoms with van der Waals surface area (Å²) in [4.78, 5) is 19.4. The molecule has 0 saturated carbocycles. The molecule has 0 saturated heterocycles. The molecule has 0 fully saturated rings. The fourth-order valence-corrected chi connectivity index (χ4v) is 2.72. The van der Waals surface area contributed by atoms with Crippen LogP contribution in [0.25, 0.3) is 22.4 Å². The van der Waals surface area contributed by atoms with E-state index in [1.54, 1.807) is 22.9 Å². The van der Waals surface area contributed by atoms with Crippen LogP contribution in [0, 0.1) is 13.8 Å². The number of ether oxygens (including phenoxy) is 1. The molecule has 0 unspecified atom stereocenters. The molecule has 2 aromatic heterocycles. The molecule has 0 aliphatic rings. The van der Waals surface area contributed by atoms with Crippen molar-refractivity contribution in [1.29, 1.82) is 0 Å². The summed E-state index contributed by atoms with van der Waals surface area (Å²) in [5, 5.41) is 13.5. The summed E-state index contributed by atoms with van der Waals surface area (Å²) in [7, 11) is 1.35. The zero-order valence-electron chi connectivity index (χ0n) is 13.3. The molecule has 2 N–H and O–H groups in total. The molecule has 7 nitrogen and oxygen atoms in total. The van der Waals surface area contributed by atoms with E-state index >= 15 is 0 Å². The molecule has 2 heterocycles. The number of esters is 1. The smallest absolute Gasteiger partial charge is 0.337 e. The first-order valence-electron chi connectivity index (χ1n) is 7.28. The summed E-state index contributed by atoms with van der Waals surface area (Å²) in [6.45, 7) is 4.32. The van der Waals surface area contributed by atoms with Crippen molar-refractivity contribution < 1.29 is 14.6 Å². The lowest BCUT2D eigenvalue weighted by Crippen LogP contribution is -2.05. The number of hydrogen-bond donors (Lipinski definition) is 2. The van der Waals surface area contributed by atoms with Gasteiger partial charge in [0.25, 0.3) is 0 Å². The third-order valence-corrected chi connectivity index (χ3v) is 3.83. The van der Waals surface area contributed by atoms with E-state index in [0.717, 1.165) is 28.0 Å². The highest BCUT2D eigenvalue weighted by Gasteiger charge is 2.17. The van der Waals surface area contributed by atoms with Crippen LogP contribution in [0.15, 0.2) is 18.2 Å². The summed E-state index contributed by atoms with van der Waals surface area (Å²) >= 11 is 0. The fourth-order valence-electron chi connectivity index (χ4n) is 2.72. The number of nitrogens with zero attached hydrogens (tertiary/aromatic N) is 3. The van der Waals surface area contributed by atoms with Crippen LogP contribution >= 0.6 is 0 Å². The summed E-state index contributed by atoms with van der Waals surface area (Å²) < 4.78 is 6.50. The maximum absolute atomic E-state index is 11.6. The maximum atomic E-state index is 11.6. The second-order valence-corrected chi connectivity index (χ2v) is 5.30. The highest BCUT2D eigenvalue weighted by molar-refractivity contribution is 5.94. The maximum Gasteiger partial charge on any atom is 0.337 e. The number of carbonyl (C=O) groups is 1. The Hall–Kier alpha value is -2.67. The van der Waals surface area contributed by atoms with Crippen LogP contribution in [0.3, 0.4) is 0 Å². The molecule has 3 rings (SSSR count). The molecule has 7 heteroatoms. The number of methoxy groups -OCH3 is 1. The first-order chi connectivity index (χ1) is 11.0. The quantitative estimate of drug-likeness (QED) is 0.717. The molecular formula is C16H18N4O3. The third-order valence-electron chi connectivity index (χ3n) is 3.83. The van der Waals surface area contributed by atoms with Gasteiger partial charge in [0, 0.05) is 5.69 Å². The lowest BCUT2D eigenvalue weighted by Gasteiger charge is -2.01. The van der Waals surface area contributed by atoms with Gasteiger partial charge >= 0.3 is 5.97 Å². The fraction of sp³-hybridized carbons (Fsp3) is 0.312. The van der Waals surface area contributed by atoms with E-state index in [4.69, 9.17) is 9.84 Å². The minimum absolute atomic E-state index is 0.0318. The van der Waals surface area contributed by atoms with Gasteiger partial charge < -0.3 is 14.8 Å². The average Bonchev–Trinajstić information content (AvgIpc) is 3.07. The largest absolute Gasteiger partial charge is 0.465 e. The number of nitrogens with one attached hydrogen (secondary N) is 1. The van der Waals surface area contributed by atoms with Crippen LogP contribution in [-0.4, -0.2) is 44.5 Å². The van der Waals surface area contributed by atoms with Crippen LogP contribution in [0.5, 0.6) is 0 Å². The highest BCUT2D eigenvalue weighted by Crippen LogP contribution is 2.27. The van der Waals surface area contributed by atoms with Gasteiger partial charge in [0.05, 0.1) is 48.1 Å². The monoisotopic (exact) mass is 314 g/mol. The molecular weight excluding hydrogens is 296 g/mol. The number of rotatable bonds is 4. The number of hydrogen-bond acceptors (Lipinski definition) is 5. The normalized spacial score (nSPS) is 11.1. The molecule has 0 aliphatic carbocycles. The zero-order chi connectivity index (χ0) is 16.6. The van der Waals surface area contributed by atoms with Crippen molar-refractivity contribution in [3.63, 3.8) is 0 Å². The molecule has 120 valence electrons. The average molecular weight is 314 g/mol. The number of carbonyl (C=O) groups excluding carboxylic acids is 1. The van der Waals surface area contributed by atoms with Crippen molar-refractivity contribution in [2.45, 2.75) is 20.4 Å². The van der Waals surface area contributed by atoms with E-state index in [1.165, 1.54) is 7.11 Å². The van der Waals surface area contributed by atoms with Crippen LogP contribution in [0.4, 0.5) is 0 Å². The Morgan fingerprint density at radius 1 is 1.39 bits per heavy atom. The van der Waals surface area contributed by atoms with Crippen molar-refractivity contribution in [2.75, 3.05) is 13.7 Å². The predicted octanol–water partition coefficient (Wildman–Crippen LogP) is 1.82. The molecule has 0 amide bonds.